The summed E-state index contributed by atoms with van der Waals surface area (Å²) < 4.78 is 6.67. The Morgan fingerprint density at radius 2 is 2.00 bits per heavy atom. The second-order valence-electron chi connectivity index (χ2n) is 6.18. The molecule has 2 fully saturated rings. The van der Waals surface area contributed by atoms with Crippen LogP contribution in [0.2, 0.25) is 0 Å². The number of imide groups is 1. The number of aliphatic hydroxyl groups is 1. The molecule has 0 aliphatic carbocycles. The van der Waals surface area contributed by atoms with E-state index in [0.717, 1.165) is 4.47 Å². The molecule has 5 nitrogen and oxygen atoms in total. The third-order valence-electron chi connectivity index (χ3n) is 4.87. The van der Waals surface area contributed by atoms with E-state index in [2.05, 4.69) is 15.9 Å². The summed E-state index contributed by atoms with van der Waals surface area (Å²) in [6.45, 7) is 1.48. The SMILES string of the molecule is C[C@@]12C=C[C@@](CO)(O1)[C@H]1C(=O)N(c3cccc(Br)c3)C(=O)[C@H]12. The van der Waals surface area contributed by atoms with Crippen molar-refractivity contribution in [2.45, 2.75) is 18.1 Å². The third kappa shape index (κ3) is 1.55. The van der Waals surface area contributed by atoms with Crippen LogP contribution in [0.25, 0.3) is 0 Å². The fourth-order valence-corrected chi connectivity index (χ4v) is 4.30. The third-order valence-corrected chi connectivity index (χ3v) is 5.36. The summed E-state index contributed by atoms with van der Waals surface area (Å²) in [5, 5.41) is 9.74. The zero-order valence-electron chi connectivity index (χ0n) is 11.8. The molecule has 0 saturated carbocycles. The normalized spacial score (nSPS) is 39.0. The molecule has 3 aliphatic heterocycles. The molecule has 114 valence electrons. The van der Waals surface area contributed by atoms with Crippen LogP contribution in [0.4, 0.5) is 5.69 Å². The smallest absolute Gasteiger partial charge is 0.241 e. The summed E-state index contributed by atoms with van der Waals surface area (Å²) in [6, 6.07) is 7.08. The van der Waals surface area contributed by atoms with Crippen LogP contribution in [0.3, 0.4) is 0 Å². The second-order valence-corrected chi connectivity index (χ2v) is 7.10. The molecule has 2 bridgehead atoms. The van der Waals surface area contributed by atoms with Crippen LogP contribution in [-0.2, 0) is 14.3 Å². The largest absolute Gasteiger partial charge is 0.393 e. The first-order valence-corrected chi connectivity index (χ1v) is 7.86. The minimum absolute atomic E-state index is 0.268. The summed E-state index contributed by atoms with van der Waals surface area (Å²) in [7, 11) is 0. The van der Waals surface area contributed by atoms with Crippen LogP contribution in [0.1, 0.15) is 6.92 Å². The fraction of sp³-hybridized carbons (Fsp3) is 0.375. The summed E-state index contributed by atoms with van der Waals surface area (Å²) >= 11 is 3.35. The maximum Gasteiger partial charge on any atom is 0.241 e. The van der Waals surface area contributed by atoms with Crippen molar-refractivity contribution in [3.8, 4) is 0 Å². The molecular formula is C16H14BrNO4. The van der Waals surface area contributed by atoms with Gasteiger partial charge in [0.2, 0.25) is 11.8 Å². The summed E-state index contributed by atoms with van der Waals surface area (Å²) in [6.07, 6.45) is 3.52. The highest BCUT2D eigenvalue weighted by Gasteiger charge is 2.72. The van der Waals surface area contributed by atoms with Crippen molar-refractivity contribution in [3.63, 3.8) is 0 Å². The highest BCUT2D eigenvalue weighted by Crippen LogP contribution is 2.57. The van der Waals surface area contributed by atoms with Crippen molar-refractivity contribution in [2.24, 2.45) is 11.8 Å². The molecule has 3 aliphatic rings. The quantitative estimate of drug-likeness (QED) is 0.640. The van der Waals surface area contributed by atoms with Crippen LogP contribution in [0, 0.1) is 11.8 Å². The van der Waals surface area contributed by atoms with E-state index in [1.165, 1.54) is 4.90 Å². The number of halogens is 1. The van der Waals surface area contributed by atoms with Crippen molar-refractivity contribution in [1.29, 1.82) is 0 Å². The van der Waals surface area contributed by atoms with E-state index in [1.807, 2.05) is 6.07 Å². The molecule has 2 saturated heterocycles. The van der Waals surface area contributed by atoms with Gasteiger partial charge in [-0.25, -0.2) is 4.90 Å². The van der Waals surface area contributed by atoms with Gasteiger partial charge in [0.15, 0.2) is 0 Å². The maximum atomic E-state index is 12.9. The topological polar surface area (TPSA) is 66.8 Å². The van der Waals surface area contributed by atoms with Crippen LogP contribution in [-0.4, -0.2) is 34.7 Å². The molecule has 1 N–H and O–H groups in total. The van der Waals surface area contributed by atoms with E-state index in [4.69, 9.17) is 4.74 Å². The Kier molecular flexibility index (Phi) is 2.74. The van der Waals surface area contributed by atoms with Crippen molar-refractivity contribution in [3.05, 3.63) is 40.9 Å². The van der Waals surface area contributed by atoms with Crippen LogP contribution < -0.4 is 4.90 Å². The van der Waals surface area contributed by atoms with E-state index in [9.17, 15) is 14.7 Å². The highest BCUT2D eigenvalue weighted by atomic mass is 79.9. The molecule has 0 aromatic heterocycles. The number of nitrogens with zero attached hydrogens (tertiary/aromatic N) is 1. The molecular weight excluding hydrogens is 350 g/mol. The first-order chi connectivity index (χ1) is 10.4. The number of hydrogen-bond acceptors (Lipinski definition) is 4. The number of aliphatic hydroxyl groups excluding tert-OH is 1. The molecule has 1 aromatic carbocycles. The average molecular weight is 364 g/mol. The fourth-order valence-electron chi connectivity index (χ4n) is 3.91. The zero-order chi connectivity index (χ0) is 15.7. The molecule has 2 amide bonds. The maximum absolute atomic E-state index is 12.9. The van der Waals surface area contributed by atoms with E-state index in [-0.39, 0.29) is 18.4 Å². The molecule has 0 unspecified atom stereocenters. The highest BCUT2D eigenvalue weighted by molar-refractivity contribution is 9.10. The Bertz CT molecular complexity index is 733. The van der Waals surface area contributed by atoms with Gasteiger partial charge >= 0.3 is 0 Å². The van der Waals surface area contributed by atoms with Gasteiger partial charge in [-0.2, -0.15) is 0 Å². The summed E-state index contributed by atoms with van der Waals surface area (Å²) in [5.41, 5.74) is -1.37. The minimum Gasteiger partial charge on any atom is -0.393 e. The number of amides is 2. The molecule has 22 heavy (non-hydrogen) atoms. The number of hydrogen-bond donors (Lipinski definition) is 1. The summed E-state index contributed by atoms with van der Waals surface area (Å²) in [5.74, 6) is -1.83. The average Bonchev–Trinajstić information content (AvgIpc) is 3.05. The lowest BCUT2D eigenvalue weighted by Crippen LogP contribution is -2.43. The lowest BCUT2D eigenvalue weighted by Gasteiger charge is -2.27. The van der Waals surface area contributed by atoms with Gasteiger partial charge in [0, 0.05) is 4.47 Å². The number of rotatable bonds is 2. The van der Waals surface area contributed by atoms with Gasteiger partial charge in [-0.15, -0.1) is 0 Å². The Morgan fingerprint density at radius 1 is 1.27 bits per heavy atom. The van der Waals surface area contributed by atoms with E-state index in [1.54, 1.807) is 37.3 Å². The summed E-state index contributed by atoms with van der Waals surface area (Å²) in [4.78, 5) is 26.9. The van der Waals surface area contributed by atoms with Crippen LogP contribution in [0.15, 0.2) is 40.9 Å². The van der Waals surface area contributed by atoms with E-state index >= 15 is 0 Å². The van der Waals surface area contributed by atoms with Crippen molar-refractivity contribution < 1.29 is 19.4 Å². The van der Waals surface area contributed by atoms with E-state index in [0.29, 0.717) is 5.69 Å². The number of ether oxygens (including phenoxy) is 1. The molecule has 3 heterocycles. The van der Waals surface area contributed by atoms with Gasteiger partial charge in [0.1, 0.15) is 5.60 Å². The Labute approximate surface area is 135 Å². The van der Waals surface area contributed by atoms with Crippen LogP contribution >= 0.6 is 15.9 Å². The molecule has 4 atom stereocenters. The Balaban J connectivity index is 1.82. The van der Waals surface area contributed by atoms with Gasteiger partial charge in [-0.05, 0) is 25.1 Å². The molecule has 4 rings (SSSR count). The van der Waals surface area contributed by atoms with Gasteiger partial charge in [-0.3, -0.25) is 9.59 Å². The zero-order valence-corrected chi connectivity index (χ0v) is 13.4. The van der Waals surface area contributed by atoms with Gasteiger partial charge < -0.3 is 9.84 Å². The predicted octanol–water partition coefficient (Wildman–Crippen LogP) is 1.64. The molecule has 0 spiro atoms. The predicted molar refractivity (Wildman–Crippen MR) is 82.1 cm³/mol. The molecule has 6 heteroatoms. The minimum atomic E-state index is -1.08. The van der Waals surface area contributed by atoms with Crippen molar-refractivity contribution in [1.82, 2.24) is 0 Å². The Hall–Kier alpha value is -1.50. The Morgan fingerprint density at radius 3 is 2.68 bits per heavy atom. The monoisotopic (exact) mass is 363 g/mol. The number of fused-ring (bicyclic) bond motifs is 5. The lowest BCUT2D eigenvalue weighted by atomic mass is 9.73. The second kappa shape index (κ2) is 4.28. The van der Waals surface area contributed by atoms with Crippen LogP contribution in [0.5, 0.6) is 0 Å². The van der Waals surface area contributed by atoms with Gasteiger partial charge in [0.25, 0.3) is 0 Å². The molecule has 0 radical (unpaired) electrons. The van der Waals surface area contributed by atoms with E-state index < -0.39 is 23.0 Å². The lowest BCUT2D eigenvalue weighted by molar-refractivity contribution is -0.131. The van der Waals surface area contributed by atoms with Crippen molar-refractivity contribution >= 4 is 33.4 Å². The first kappa shape index (κ1) is 14.1. The number of anilines is 1. The molecule has 1 aromatic rings. The number of carbonyl (C=O) groups excluding carboxylic acids is 2. The first-order valence-electron chi connectivity index (χ1n) is 7.07. The van der Waals surface area contributed by atoms with Gasteiger partial charge in [0.05, 0.1) is 29.7 Å². The number of carbonyl (C=O) groups is 2. The van der Waals surface area contributed by atoms with Crippen molar-refractivity contribution in [2.75, 3.05) is 11.5 Å². The standard InChI is InChI=1S/C16H14BrNO4/c1-15-5-6-16(8-19,22-15)12-11(15)13(20)18(14(12)21)10-4-2-3-9(17)7-10/h2-7,11-12,19H,8H2,1H3/t11-,12+,15-,16-/m0/s1. The number of benzene rings is 1. The van der Waals surface area contributed by atoms with Gasteiger partial charge in [-0.1, -0.05) is 34.1 Å².